The van der Waals surface area contributed by atoms with Crippen molar-refractivity contribution < 1.29 is 8.78 Å². The predicted molar refractivity (Wildman–Crippen MR) is 108 cm³/mol. The predicted octanol–water partition coefficient (Wildman–Crippen LogP) is 4.53. The fourth-order valence-electron chi connectivity index (χ4n) is 3.13. The van der Waals surface area contributed by atoms with E-state index in [4.69, 9.17) is 5.73 Å². The van der Waals surface area contributed by atoms with Gasteiger partial charge in [0.1, 0.15) is 11.6 Å². The Hall–Kier alpha value is -2.22. The smallest absolute Gasteiger partial charge is 0.143 e. The van der Waals surface area contributed by atoms with Gasteiger partial charge in [-0.25, -0.2) is 8.78 Å². The summed E-state index contributed by atoms with van der Waals surface area (Å²) in [6.45, 7) is 2.01. The Kier molecular flexibility index (Phi) is 5.94. The Morgan fingerprint density at radius 3 is 2.81 bits per heavy atom. The molecule has 0 aliphatic rings. The Bertz CT molecular complexity index is 995. The van der Waals surface area contributed by atoms with Crippen molar-refractivity contribution in [3.8, 4) is 11.1 Å². The Balaban J connectivity index is 2.19. The topological polar surface area (TPSA) is 47.1 Å². The van der Waals surface area contributed by atoms with Crippen molar-refractivity contribution in [2.45, 2.75) is 18.4 Å². The highest BCUT2D eigenvalue weighted by atomic mass is 32.2. The van der Waals surface area contributed by atoms with Gasteiger partial charge in [-0.2, -0.15) is 0 Å². The van der Waals surface area contributed by atoms with Gasteiger partial charge in [-0.1, -0.05) is 12.1 Å². The lowest BCUT2D eigenvalue weighted by Gasteiger charge is -2.10. The minimum atomic E-state index is -0.451. The minimum absolute atomic E-state index is 0.00317. The first-order chi connectivity index (χ1) is 12.9. The molecule has 0 fully saturated rings. The SMILES string of the molecule is Cc1c(-c2cccc(SN(C)C)c2)c2ncc(F)cc2n1C/C(F)=C/CN. The molecule has 0 radical (unpaired) electrons. The normalized spacial score (nSPS) is 12.3. The summed E-state index contributed by atoms with van der Waals surface area (Å²) < 4.78 is 31.7. The van der Waals surface area contributed by atoms with Crippen LogP contribution in [0.25, 0.3) is 22.2 Å². The van der Waals surface area contributed by atoms with E-state index >= 15 is 0 Å². The highest BCUT2D eigenvalue weighted by Crippen LogP contribution is 2.36. The summed E-state index contributed by atoms with van der Waals surface area (Å²) >= 11 is 1.61. The van der Waals surface area contributed by atoms with Gasteiger partial charge < -0.3 is 10.3 Å². The number of pyridine rings is 1. The summed E-state index contributed by atoms with van der Waals surface area (Å²) in [5.41, 5.74) is 9.30. The third-order valence-corrected chi connectivity index (χ3v) is 5.02. The minimum Gasteiger partial charge on any atom is -0.336 e. The zero-order chi connectivity index (χ0) is 19.6. The zero-order valence-corrected chi connectivity index (χ0v) is 16.4. The number of nitrogens with two attached hydrogens (primary N) is 1. The monoisotopic (exact) mass is 388 g/mol. The first-order valence-corrected chi connectivity index (χ1v) is 9.32. The lowest BCUT2D eigenvalue weighted by Crippen LogP contribution is -2.03. The van der Waals surface area contributed by atoms with Crippen LogP contribution in [0, 0.1) is 12.7 Å². The lowest BCUT2D eigenvalue weighted by atomic mass is 10.1. The largest absolute Gasteiger partial charge is 0.336 e. The van der Waals surface area contributed by atoms with Crippen molar-refractivity contribution in [1.29, 1.82) is 0 Å². The van der Waals surface area contributed by atoms with Gasteiger partial charge in [0.2, 0.25) is 0 Å². The summed E-state index contributed by atoms with van der Waals surface area (Å²) in [5, 5.41) is 0. The van der Waals surface area contributed by atoms with Crippen LogP contribution in [0.15, 0.2) is 53.3 Å². The fraction of sp³-hybridized carbons (Fsp3) is 0.250. The van der Waals surface area contributed by atoms with Gasteiger partial charge in [0.15, 0.2) is 0 Å². The highest BCUT2D eigenvalue weighted by Gasteiger charge is 2.18. The standard InChI is InChI=1S/C20H22F2N4S/c1-13-19(14-5-4-6-17(9-14)27-25(2)3)20-18(10-16(22)11-24-20)26(13)12-15(21)7-8-23/h4-7,9-11H,8,12,23H2,1-3H3/b15-7-. The average molecular weight is 388 g/mol. The maximum atomic E-state index is 14.2. The molecule has 27 heavy (non-hydrogen) atoms. The van der Waals surface area contributed by atoms with E-state index in [1.807, 2.05) is 43.5 Å². The molecule has 3 aromatic rings. The van der Waals surface area contributed by atoms with Gasteiger partial charge in [0, 0.05) is 28.8 Å². The number of hydrogen-bond donors (Lipinski definition) is 1. The number of aromatic nitrogens is 2. The van der Waals surface area contributed by atoms with Crippen LogP contribution in [0.1, 0.15) is 5.69 Å². The molecule has 0 amide bonds. The number of nitrogens with zero attached hydrogens (tertiary/aromatic N) is 3. The van der Waals surface area contributed by atoms with Crippen LogP contribution < -0.4 is 5.73 Å². The van der Waals surface area contributed by atoms with Crippen molar-refractivity contribution in [3.05, 3.63) is 59.9 Å². The molecule has 2 N–H and O–H groups in total. The van der Waals surface area contributed by atoms with Gasteiger partial charge >= 0.3 is 0 Å². The van der Waals surface area contributed by atoms with Crippen LogP contribution in [0.4, 0.5) is 8.78 Å². The molecule has 7 heteroatoms. The first kappa shape index (κ1) is 19.5. The van der Waals surface area contributed by atoms with Crippen LogP contribution in [0.3, 0.4) is 0 Å². The van der Waals surface area contributed by atoms with E-state index in [1.165, 1.54) is 18.3 Å². The second-order valence-corrected chi connectivity index (χ2v) is 7.77. The van der Waals surface area contributed by atoms with Gasteiger partial charge in [-0.15, -0.1) is 0 Å². The van der Waals surface area contributed by atoms with E-state index in [0.29, 0.717) is 11.0 Å². The molecule has 1 aromatic carbocycles. The molecule has 0 bridgehead atoms. The molecule has 0 spiro atoms. The van der Waals surface area contributed by atoms with Gasteiger partial charge in [0.25, 0.3) is 0 Å². The molecule has 0 aliphatic heterocycles. The number of benzene rings is 1. The molecule has 0 atom stereocenters. The number of fused-ring (bicyclic) bond motifs is 1. The third-order valence-electron chi connectivity index (χ3n) is 4.19. The lowest BCUT2D eigenvalue weighted by molar-refractivity contribution is 0.554. The summed E-state index contributed by atoms with van der Waals surface area (Å²) in [4.78, 5) is 5.38. The van der Waals surface area contributed by atoms with Crippen LogP contribution in [0.2, 0.25) is 0 Å². The van der Waals surface area contributed by atoms with E-state index in [2.05, 4.69) is 11.1 Å². The van der Waals surface area contributed by atoms with E-state index in [1.54, 1.807) is 16.5 Å². The quantitative estimate of drug-likeness (QED) is 0.630. The van der Waals surface area contributed by atoms with E-state index in [9.17, 15) is 8.78 Å². The van der Waals surface area contributed by atoms with E-state index in [0.717, 1.165) is 21.7 Å². The van der Waals surface area contributed by atoms with Crippen LogP contribution in [-0.4, -0.2) is 34.5 Å². The van der Waals surface area contributed by atoms with E-state index in [-0.39, 0.29) is 18.9 Å². The summed E-state index contributed by atoms with van der Waals surface area (Å²) in [6.07, 6.45) is 2.52. The molecule has 4 nitrogen and oxygen atoms in total. The summed E-state index contributed by atoms with van der Waals surface area (Å²) in [5.74, 6) is -0.807. The van der Waals surface area contributed by atoms with Crippen LogP contribution >= 0.6 is 11.9 Å². The molecule has 0 saturated carbocycles. The van der Waals surface area contributed by atoms with Gasteiger partial charge in [0.05, 0.1) is 23.8 Å². The molecular formula is C20H22F2N4S. The van der Waals surface area contributed by atoms with Crippen molar-refractivity contribution in [2.24, 2.45) is 5.73 Å². The average Bonchev–Trinajstić information content (AvgIpc) is 2.86. The first-order valence-electron chi connectivity index (χ1n) is 8.55. The molecule has 142 valence electrons. The number of rotatable bonds is 6. The second kappa shape index (κ2) is 8.21. The number of hydrogen-bond acceptors (Lipinski definition) is 4. The molecule has 0 saturated heterocycles. The molecule has 2 heterocycles. The summed E-state index contributed by atoms with van der Waals surface area (Å²) in [7, 11) is 3.96. The molecule has 0 unspecified atom stereocenters. The van der Waals surface area contributed by atoms with Crippen LogP contribution in [0.5, 0.6) is 0 Å². The second-order valence-electron chi connectivity index (χ2n) is 6.39. The Labute approximate surface area is 161 Å². The van der Waals surface area contributed by atoms with Gasteiger partial charge in [-0.3, -0.25) is 9.29 Å². The number of halogens is 2. The Morgan fingerprint density at radius 2 is 2.11 bits per heavy atom. The van der Waals surface area contributed by atoms with Crippen molar-refractivity contribution in [3.63, 3.8) is 0 Å². The van der Waals surface area contributed by atoms with Crippen LogP contribution in [-0.2, 0) is 6.54 Å². The number of allylic oxidation sites excluding steroid dienone is 1. The molecule has 2 aromatic heterocycles. The molecule has 3 rings (SSSR count). The van der Waals surface area contributed by atoms with Crippen molar-refractivity contribution >= 4 is 23.0 Å². The van der Waals surface area contributed by atoms with Crippen molar-refractivity contribution in [1.82, 2.24) is 13.9 Å². The third kappa shape index (κ3) is 4.21. The maximum absolute atomic E-state index is 14.2. The van der Waals surface area contributed by atoms with Crippen molar-refractivity contribution in [2.75, 3.05) is 20.6 Å². The Morgan fingerprint density at radius 1 is 1.33 bits per heavy atom. The zero-order valence-electron chi connectivity index (χ0n) is 15.5. The molecule has 0 aliphatic carbocycles. The fourth-order valence-corrected chi connectivity index (χ4v) is 3.87. The van der Waals surface area contributed by atoms with Gasteiger partial charge in [-0.05, 0) is 56.7 Å². The molecular weight excluding hydrogens is 366 g/mol. The van der Waals surface area contributed by atoms with E-state index < -0.39 is 5.82 Å². The summed E-state index contributed by atoms with van der Waals surface area (Å²) in [6, 6.07) is 9.45. The highest BCUT2D eigenvalue weighted by molar-refractivity contribution is 7.97. The maximum Gasteiger partial charge on any atom is 0.143 e.